The fraction of sp³-hybridized carbons (Fsp3) is 0.818. The van der Waals surface area contributed by atoms with Crippen molar-refractivity contribution < 1.29 is 24.2 Å². The summed E-state index contributed by atoms with van der Waals surface area (Å²) in [5.41, 5.74) is 0. The van der Waals surface area contributed by atoms with Gasteiger partial charge < -0.3 is 24.8 Å². The van der Waals surface area contributed by atoms with Crippen molar-refractivity contribution in [1.29, 1.82) is 0 Å². The van der Waals surface area contributed by atoms with E-state index >= 15 is 0 Å². The molecule has 2 N–H and O–H groups in total. The molecule has 7 heteroatoms. The Morgan fingerprint density at radius 1 is 1.56 bits per heavy atom. The maximum atomic E-state index is 11.9. The van der Waals surface area contributed by atoms with Gasteiger partial charge in [0.05, 0.1) is 25.9 Å². The number of rotatable bonds is 6. The molecule has 1 aliphatic heterocycles. The Kier molecular flexibility index (Phi) is 6.45. The van der Waals surface area contributed by atoms with E-state index in [1.807, 2.05) is 6.92 Å². The van der Waals surface area contributed by atoms with Crippen molar-refractivity contribution in [3.05, 3.63) is 0 Å². The maximum Gasteiger partial charge on any atom is 0.329 e. The number of urea groups is 1. The molecule has 7 nitrogen and oxygen atoms in total. The highest BCUT2D eigenvalue weighted by atomic mass is 16.5. The average molecular weight is 260 g/mol. The second kappa shape index (κ2) is 7.88. The number of carboxylic acids is 1. The molecule has 1 saturated heterocycles. The summed E-state index contributed by atoms with van der Waals surface area (Å²) < 4.78 is 10.1. The Balaban J connectivity index is 2.20. The highest BCUT2D eigenvalue weighted by Gasteiger charge is 2.25. The Labute approximate surface area is 106 Å². The predicted octanol–water partition coefficient (Wildman–Crippen LogP) is -0.0920. The SMILES string of the molecule is CCC1COCCN1C(=O)NCCOCC(=O)O. The van der Waals surface area contributed by atoms with Gasteiger partial charge in [-0.3, -0.25) is 0 Å². The van der Waals surface area contributed by atoms with Crippen molar-refractivity contribution in [1.82, 2.24) is 10.2 Å². The van der Waals surface area contributed by atoms with Crippen LogP contribution in [0.15, 0.2) is 0 Å². The molecule has 1 fully saturated rings. The smallest absolute Gasteiger partial charge is 0.329 e. The third-order valence-corrected chi connectivity index (χ3v) is 2.71. The fourth-order valence-electron chi connectivity index (χ4n) is 1.75. The van der Waals surface area contributed by atoms with Crippen LogP contribution in [-0.4, -0.2) is 67.6 Å². The molecule has 0 aromatic carbocycles. The van der Waals surface area contributed by atoms with Gasteiger partial charge in [-0.2, -0.15) is 0 Å². The summed E-state index contributed by atoms with van der Waals surface area (Å²) in [5.74, 6) is -1.01. The van der Waals surface area contributed by atoms with Gasteiger partial charge in [-0.05, 0) is 6.42 Å². The molecular weight excluding hydrogens is 240 g/mol. The minimum atomic E-state index is -1.01. The van der Waals surface area contributed by atoms with E-state index in [2.05, 4.69) is 5.32 Å². The first-order chi connectivity index (χ1) is 8.65. The van der Waals surface area contributed by atoms with E-state index in [1.54, 1.807) is 4.90 Å². The molecule has 0 aromatic heterocycles. The average Bonchev–Trinajstić information content (AvgIpc) is 2.37. The molecule has 0 aliphatic carbocycles. The van der Waals surface area contributed by atoms with Crippen LogP contribution in [0, 0.1) is 0 Å². The zero-order valence-electron chi connectivity index (χ0n) is 10.6. The van der Waals surface area contributed by atoms with Crippen LogP contribution in [-0.2, 0) is 14.3 Å². The number of amides is 2. The van der Waals surface area contributed by atoms with Crippen LogP contribution in [0.25, 0.3) is 0 Å². The number of carbonyl (C=O) groups is 2. The zero-order valence-corrected chi connectivity index (χ0v) is 10.6. The number of aliphatic carboxylic acids is 1. The van der Waals surface area contributed by atoms with Crippen molar-refractivity contribution in [2.45, 2.75) is 19.4 Å². The van der Waals surface area contributed by atoms with E-state index in [-0.39, 0.29) is 25.3 Å². The summed E-state index contributed by atoms with van der Waals surface area (Å²) in [6.07, 6.45) is 0.850. The van der Waals surface area contributed by atoms with Crippen LogP contribution in [0.2, 0.25) is 0 Å². The first-order valence-electron chi connectivity index (χ1n) is 6.07. The van der Waals surface area contributed by atoms with Crippen molar-refractivity contribution in [3.63, 3.8) is 0 Å². The van der Waals surface area contributed by atoms with Gasteiger partial charge in [-0.25, -0.2) is 9.59 Å². The number of ether oxygens (including phenoxy) is 2. The monoisotopic (exact) mass is 260 g/mol. The second-order valence-electron chi connectivity index (χ2n) is 4.01. The summed E-state index contributed by atoms with van der Waals surface area (Å²) in [6.45, 7) is 3.87. The maximum absolute atomic E-state index is 11.9. The van der Waals surface area contributed by atoms with Crippen molar-refractivity contribution in [3.8, 4) is 0 Å². The number of nitrogens with zero attached hydrogens (tertiary/aromatic N) is 1. The number of nitrogens with one attached hydrogen (secondary N) is 1. The summed E-state index contributed by atoms with van der Waals surface area (Å²) in [6, 6.07) is -0.0391. The van der Waals surface area contributed by atoms with Crippen molar-refractivity contribution in [2.75, 3.05) is 39.5 Å². The quantitative estimate of drug-likeness (QED) is 0.651. The molecule has 0 radical (unpaired) electrons. The first-order valence-corrected chi connectivity index (χ1v) is 6.07. The lowest BCUT2D eigenvalue weighted by atomic mass is 10.2. The van der Waals surface area contributed by atoms with E-state index in [0.29, 0.717) is 26.3 Å². The standard InChI is InChI=1S/C11H20N2O5/c1-2-9-7-18-6-4-13(9)11(16)12-3-5-17-8-10(14)15/h9H,2-8H2,1H3,(H,12,16)(H,14,15). The number of carbonyl (C=O) groups excluding carboxylic acids is 1. The van der Waals surface area contributed by atoms with Crippen LogP contribution in [0.1, 0.15) is 13.3 Å². The van der Waals surface area contributed by atoms with Crippen LogP contribution >= 0.6 is 0 Å². The fourth-order valence-corrected chi connectivity index (χ4v) is 1.75. The van der Waals surface area contributed by atoms with Gasteiger partial charge in [0.15, 0.2) is 0 Å². The van der Waals surface area contributed by atoms with Crippen molar-refractivity contribution >= 4 is 12.0 Å². The third-order valence-electron chi connectivity index (χ3n) is 2.71. The Hall–Kier alpha value is -1.34. The van der Waals surface area contributed by atoms with Crippen LogP contribution in [0.3, 0.4) is 0 Å². The molecule has 1 heterocycles. The normalized spacial score (nSPS) is 19.6. The molecule has 18 heavy (non-hydrogen) atoms. The number of hydrogen-bond acceptors (Lipinski definition) is 4. The molecule has 0 bridgehead atoms. The van der Waals surface area contributed by atoms with E-state index in [0.717, 1.165) is 6.42 Å². The summed E-state index contributed by atoms with van der Waals surface area (Å²) in [7, 11) is 0. The van der Waals surface area contributed by atoms with Gasteiger partial charge in [0, 0.05) is 13.1 Å². The molecule has 1 rings (SSSR count). The van der Waals surface area contributed by atoms with Gasteiger partial charge >= 0.3 is 12.0 Å². The molecule has 0 spiro atoms. The van der Waals surface area contributed by atoms with Gasteiger partial charge in [-0.1, -0.05) is 6.92 Å². The Morgan fingerprint density at radius 3 is 3.00 bits per heavy atom. The lowest BCUT2D eigenvalue weighted by Gasteiger charge is -2.35. The molecule has 0 aromatic rings. The number of morpholine rings is 1. The predicted molar refractivity (Wildman–Crippen MR) is 63.5 cm³/mol. The summed E-state index contributed by atoms with van der Waals surface area (Å²) in [5, 5.41) is 11.1. The number of carboxylic acid groups (broad SMARTS) is 1. The van der Waals surface area contributed by atoms with E-state index in [9.17, 15) is 9.59 Å². The highest BCUT2D eigenvalue weighted by Crippen LogP contribution is 2.09. The lowest BCUT2D eigenvalue weighted by molar-refractivity contribution is -0.142. The minimum Gasteiger partial charge on any atom is -0.480 e. The summed E-state index contributed by atoms with van der Waals surface area (Å²) >= 11 is 0. The minimum absolute atomic E-state index is 0.110. The van der Waals surface area contributed by atoms with Crippen LogP contribution in [0.5, 0.6) is 0 Å². The highest BCUT2D eigenvalue weighted by molar-refractivity contribution is 5.74. The molecule has 1 aliphatic rings. The zero-order chi connectivity index (χ0) is 13.4. The molecule has 0 saturated carbocycles. The first kappa shape index (κ1) is 14.7. The van der Waals surface area contributed by atoms with Crippen LogP contribution in [0.4, 0.5) is 4.79 Å². The molecule has 104 valence electrons. The molecule has 1 unspecified atom stereocenters. The second-order valence-corrected chi connectivity index (χ2v) is 4.01. The number of hydrogen-bond donors (Lipinski definition) is 2. The van der Waals surface area contributed by atoms with E-state index in [4.69, 9.17) is 14.6 Å². The largest absolute Gasteiger partial charge is 0.480 e. The summed E-state index contributed by atoms with van der Waals surface area (Å²) in [4.78, 5) is 23.8. The Bertz CT molecular complexity index is 285. The van der Waals surface area contributed by atoms with Gasteiger partial charge in [0.2, 0.25) is 0 Å². The molecular formula is C11H20N2O5. The van der Waals surface area contributed by atoms with Crippen molar-refractivity contribution in [2.24, 2.45) is 0 Å². The topological polar surface area (TPSA) is 88.1 Å². The molecule has 2 amide bonds. The van der Waals surface area contributed by atoms with Crippen LogP contribution < -0.4 is 5.32 Å². The molecule has 1 atom stereocenters. The van der Waals surface area contributed by atoms with E-state index in [1.165, 1.54) is 0 Å². The Morgan fingerprint density at radius 2 is 2.33 bits per heavy atom. The van der Waals surface area contributed by atoms with Gasteiger partial charge in [0.25, 0.3) is 0 Å². The lowest BCUT2D eigenvalue weighted by Crippen LogP contribution is -2.52. The third kappa shape index (κ3) is 4.89. The van der Waals surface area contributed by atoms with Gasteiger partial charge in [-0.15, -0.1) is 0 Å². The van der Waals surface area contributed by atoms with Gasteiger partial charge in [0.1, 0.15) is 6.61 Å². The van der Waals surface area contributed by atoms with E-state index < -0.39 is 5.97 Å².